The Balaban J connectivity index is 1.74. The van der Waals surface area contributed by atoms with E-state index in [0.717, 1.165) is 16.9 Å². The van der Waals surface area contributed by atoms with E-state index in [-0.39, 0.29) is 11.7 Å². The molecule has 0 spiro atoms. The Morgan fingerprint density at radius 2 is 1.67 bits per heavy atom. The molecule has 0 saturated heterocycles. The van der Waals surface area contributed by atoms with Crippen LogP contribution in [-0.4, -0.2) is 25.4 Å². The van der Waals surface area contributed by atoms with E-state index in [1.54, 1.807) is 31.4 Å². The van der Waals surface area contributed by atoms with Crippen LogP contribution in [0.25, 0.3) is 0 Å². The van der Waals surface area contributed by atoms with Crippen LogP contribution in [0, 0.1) is 0 Å². The second-order valence-electron chi connectivity index (χ2n) is 6.19. The molecule has 0 aromatic heterocycles. The number of Topliss-reactive ketones (excluding diaryl/α,β-unsaturated/α-hetero) is 1. The number of hydrogen-bond donors (Lipinski definition) is 1. The summed E-state index contributed by atoms with van der Waals surface area (Å²) in [6.07, 6.45) is 1.20. The van der Waals surface area contributed by atoms with Gasteiger partial charge < -0.3 is 14.8 Å². The molecule has 0 fully saturated rings. The third-order valence-corrected chi connectivity index (χ3v) is 4.28. The second-order valence-corrected chi connectivity index (χ2v) is 6.19. The monoisotopic (exact) mass is 369 g/mol. The topological polar surface area (TPSA) is 64.6 Å². The maximum atomic E-state index is 12.2. The standard InChI is InChI=1S/C22H27NO4/c1-3-27-16-19-8-5-4-7-18(19)15-23-22(25)10-6-9-21(24)17-11-13-20(26-2)14-12-17/h4-5,7-8,11-14H,3,6,9-10,15-16H2,1-2H3,(H,23,25). The third-order valence-electron chi connectivity index (χ3n) is 4.28. The molecule has 1 amide bonds. The number of methoxy groups -OCH3 is 1. The summed E-state index contributed by atoms with van der Waals surface area (Å²) in [6, 6.07) is 14.9. The van der Waals surface area contributed by atoms with Crippen molar-refractivity contribution in [3.05, 3.63) is 65.2 Å². The summed E-state index contributed by atoms with van der Waals surface area (Å²) >= 11 is 0. The number of ether oxygens (including phenoxy) is 2. The minimum absolute atomic E-state index is 0.0347. The molecule has 0 aliphatic carbocycles. The van der Waals surface area contributed by atoms with Gasteiger partial charge in [-0.15, -0.1) is 0 Å². The first-order chi connectivity index (χ1) is 13.1. The minimum Gasteiger partial charge on any atom is -0.497 e. The van der Waals surface area contributed by atoms with Gasteiger partial charge in [0.1, 0.15) is 5.75 Å². The highest BCUT2D eigenvalue weighted by atomic mass is 16.5. The molecule has 27 heavy (non-hydrogen) atoms. The predicted molar refractivity (Wildman–Crippen MR) is 105 cm³/mol. The van der Waals surface area contributed by atoms with Crippen molar-refractivity contribution in [2.24, 2.45) is 0 Å². The van der Waals surface area contributed by atoms with Gasteiger partial charge in [-0.25, -0.2) is 0 Å². The van der Waals surface area contributed by atoms with Crippen LogP contribution >= 0.6 is 0 Å². The van der Waals surface area contributed by atoms with Crippen molar-refractivity contribution in [2.45, 2.75) is 39.3 Å². The molecule has 0 unspecified atom stereocenters. The molecule has 144 valence electrons. The number of carbonyl (C=O) groups is 2. The van der Waals surface area contributed by atoms with E-state index in [9.17, 15) is 9.59 Å². The Kier molecular flexibility index (Phi) is 8.52. The average Bonchev–Trinajstić information content (AvgIpc) is 2.71. The van der Waals surface area contributed by atoms with Crippen molar-refractivity contribution >= 4 is 11.7 Å². The Morgan fingerprint density at radius 3 is 2.33 bits per heavy atom. The van der Waals surface area contributed by atoms with Crippen LogP contribution in [0.4, 0.5) is 0 Å². The van der Waals surface area contributed by atoms with E-state index in [2.05, 4.69) is 5.32 Å². The van der Waals surface area contributed by atoms with E-state index in [4.69, 9.17) is 9.47 Å². The molecule has 0 radical (unpaired) electrons. The zero-order valence-corrected chi connectivity index (χ0v) is 16.0. The number of rotatable bonds is 11. The highest BCUT2D eigenvalue weighted by molar-refractivity contribution is 5.96. The fraction of sp³-hybridized carbons (Fsp3) is 0.364. The Morgan fingerprint density at radius 1 is 0.963 bits per heavy atom. The molecule has 1 N–H and O–H groups in total. The van der Waals surface area contributed by atoms with Crippen LogP contribution in [0.15, 0.2) is 48.5 Å². The van der Waals surface area contributed by atoms with Gasteiger partial charge in [0.15, 0.2) is 5.78 Å². The first kappa shape index (κ1) is 20.6. The summed E-state index contributed by atoms with van der Waals surface area (Å²) in [7, 11) is 1.59. The number of ketones is 1. The zero-order valence-electron chi connectivity index (χ0n) is 16.0. The van der Waals surface area contributed by atoms with E-state index in [1.165, 1.54) is 0 Å². The van der Waals surface area contributed by atoms with E-state index >= 15 is 0 Å². The normalized spacial score (nSPS) is 10.4. The quantitative estimate of drug-likeness (QED) is 0.610. The molecule has 5 heteroatoms. The molecule has 2 aromatic rings. The average molecular weight is 369 g/mol. The highest BCUT2D eigenvalue weighted by Gasteiger charge is 2.09. The predicted octanol–water partition coefficient (Wildman–Crippen LogP) is 3.90. The van der Waals surface area contributed by atoms with Crippen molar-refractivity contribution in [1.29, 1.82) is 0 Å². The molecular weight excluding hydrogens is 342 g/mol. The number of benzene rings is 2. The van der Waals surface area contributed by atoms with Gasteiger partial charge in [-0.1, -0.05) is 24.3 Å². The van der Waals surface area contributed by atoms with Gasteiger partial charge in [0, 0.05) is 31.6 Å². The fourth-order valence-electron chi connectivity index (χ4n) is 2.70. The van der Waals surface area contributed by atoms with Crippen molar-refractivity contribution in [3.8, 4) is 5.75 Å². The lowest BCUT2D eigenvalue weighted by atomic mass is 10.0. The molecule has 2 rings (SSSR count). The smallest absolute Gasteiger partial charge is 0.220 e. The summed E-state index contributed by atoms with van der Waals surface area (Å²) in [6.45, 7) is 3.62. The fourth-order valence-corrected chi connectivity index (χ4v) is 2.70. The zero-order chi connectivity index (χ0) is 19.5. The maximum absolute atomic E-state index is 12.2. The Hall–Kier alpha value is -2.66. The van der Waals surface area contributed by atoms with E-state index in [0.29, 0.717) is 44.6 Å². The van der Waals surface area contributed by atoms with Crippen LogP contribution in [0.5, 0.6) is 5.75 Å². The van der Waals surface area contributed by atoms with Crippen molar-refractivity contribution in [3.63, 3.8) is 0 Å². The minimum atomic E-state index is -0.0521. The summed E-state index contributed by atoms with van der Waals surface area (Å²) in [5.74, 6) is 0.701. The van der Waals surface area contributed by atoms with Crippen molar-refractivity contribution in [1.82, 2.24) is 5.32 Å². The SMILES string of the molecule is CCOCc1ccccc1CNC(=O)CCCC(=O)c1ccc(OC)cc1. The van der Waals surface area contributed by atoms with Gasteiger partial charge >= 0.3 is 0 Å². The van der Waals surface area contributed by atoms with Gasteiger partial charge in [-0.2, -0.15) is 0 Å². The second kappa shape index (κ2) is 11.1. The lowest BCUT2D eigenvalue weighted by Gasteiger charge is -2.10. The summed E-state index contributed by atoms with van der Waals surface area (Å²) < 4.78 is 10.5. The van der Waals surface area contributed by atoms with Gasteiger partial charge in [0.25, 0.3) is 0 Å². The van der Waals surface area contributed by atoms with Crippen LogP contribution < -0.4 is 10.1 Å². The number of amides is 1. The number of carbonyl (C=O) groups excluding carboxylic acids is 2. The molecule has 0 atom stereocenters. The largest absolute Gasteiger partial charge is 0.497 e. The lowest BCUT2D eigenvalue weighted by Crippen LogP contribution is -2.23. The third kappa shape index (κ3) is 6.87. The first-order valence-electron chi connectivity index (χ1n) is 9.22. The van der Waals surface area contributed by atoms with E-state index in [1.807, 2.05) is 31.2 Å². The Labute approximate surface area is 160 Å². The van der Waals surface area contributed by atoms with Crippen LogP contribution in [0.3, 0.4) is 0 Å². The molecular formula is C22H27NO4. The van der Waals surface area contributed by atoms with Crippen LogP contribution in [0.2, 0.25) is 0 Å². The molecule has 0 saturated carbocycles. The molecule has 0 heterocycles. The van der Waals surface area contributed by atoms with Gasteiger partial charge in [-0.3, -0.25) is 9.59 Å². The summed E-state index contributed by atoms with van der Waals surface area (Å²) in [5, 5.41) is 2.92. The van der Waals surface area contributed by atoms with Crippen LogP contribution in [0.1, 0.15) is 47.7 Å². The summed E-state index contributed by atoms with van der Waals surface area (Å²) in [5.41, 5.74) is 2.77. The molecule has 0 aliphatic rings. The van der Waals surface area contributed by atoms with Gasteiger partial charge in [-0.05, 0) is 48.7 Å². The summed E-state index contributed by atoms with van der Waals surface area (Å²) in [4.78, 5) is 24.2. The van der Waals surface area contributed by atoms with Gasteiger partial charge in [0.05, 0.1) is 13.7 Å². The highest BCUT2D eigenvalue weighted by Crippen LogP contribution is 2.14. The van der Waals surface area contributed by atoms with Crippen molar-refractivity contribution < 1.29 is 19.1 Å². The molecule has 0 bridgehead atoms. The van der Waals surface area contributed by atoms with Crippen LogP contribution in [-0.2, 0) is 22.7 Å². The maximum Gasteiger partial charge on any atom is 0.220 e. The molecule has 5 nitrogen and oxygen atoms in total. The molecule has 0 aliphatic heterocycles. The lowest BCUT2D eigenvalue weighted by molar-refractivity contribution is -0.121. The first-order valence-corrected chi connectivity index (χ1v) is 9.22. The van der Waals surface area contributed by atoms with Crippen molar-refractivity contribution in [2.75, 3.05) is 13.7 Å². The molecule has 2 aromatic carbocycles. The Bertz CT molecular complexity index is 740. The number of hydrogen-bond acceptors (Lipinski definition) is 4. The number of nitrogens with one attached hydrogen (secondary N) is 1. The van der Waals surface area contributed by atoms with E-state index < -0.39 is 0 Å². The van der Waals surface area contributed by atoms with Gasteiger partial charge in [0.2, 0.25) is 5.91 Å².